The molecule has 0 aromatic rings. The van der Waals surface area contributed by atoms with Crippen molar-refractivity contribution < 1.29 is 19.2 Å². The van der Waals surface area contributed by atoms with Gasteiger partial charge in [0.15, 0.2) is 0 Å². The summed E-state index contributed by atoms with van der Waals surface area (Å²) in [6, 6.07) is 0. The Hall–Kier alpha value is -2.76. The second kappa shape index (κ2) is 5.55. The summed E-state index contributed by atoms with van der Waals surface area (Å²) < 4.78 is 0. The number of amides is 4. The van der Waals surface area contributed by atoms with E-state index in [-0.39, 0.29) is 24.0 Å². The van der Waals surface area contributed by atoms with Crippen LogP contribution in [0.25, 0.3) is 0 Å². The van der Waals surface area contributed by atoms with Gasteiger partial charge >= 0.3 is 0 Å². The van der Waals surface area contributed by atoms with Crippen LogP contribution in [-0.4, -0.2) is 34.1 Å². The summed E-state index contributed by atoms with van der Waals surface area (Å²) in [4.78, 5) is 49.4. The molecule has 1 fully saturated rings. The van der Waals surface area contributed by atoms with Crippen molar-refractivity contribution in [2.75, 3.05) is 0 Å². The van der Waals surface area contributed by atoms with Crippen molar-refractivity contribution in [3.05, 3.63) is 48.6 Å². The number of imide groups is 2. The van der Waals surface area contributed by atoms with E-state index in [0.29, 0.717) is 0 Å². The molecule has 6 nitrogen and oxygen atoms in total. The van der Waals surface area contributed by atoms with Gasteiger partial charge in [-0.05, 0) is 19.4 Å². The number of carbonyl (C=O) groups excluding carboxylic acids is 4. The van der Waals surface area contributed by atoms with Crippen molar-refractivity contribution in [1.29, 1.82) is 0 Å². The molecule has 1 unspecified atom stereocenters. The number of rotatable bonds is 4. The fourth-order valence-corrected chi connectivity index (χ4v) is 2.54. The highest BCUT2D eigenvalue weighted by Gasteiger charge is 2.52. The number of hydrogen-bond donors (Lipinski definition) is 1. The molecule has 0 bridgehead atoms. The zero-order valence-corrected chi connectivity index (χ0v) is 12.2. The Morgan fingerprint density at radius 1 is 1.14 bits per heavy atom. The Morgan fingerprint density at radius 3 is 2.32 bits per heavy atom. The first-order valence-corrected chi connectivity index (χ1v) is 6.75. The van der Waals surface area contributed by atoms with Gasteiger partial charge in [0.1, 0.15) is 5.54 Å². The largest absolute Gasteiger partial charge is 0.294 e. The van der Waals surface area contributed by atoms with E-state index < -0.39 is 29.2 Å². The molecule has 1 saturated heterocycles. The quantitative estimate of drug-likeness (QED) is 0.614. The van der Waals surface area contributed by atoms with Gasteiger partial charge in [0.2, 0.25) is 5.91 Å². The summed E-state index contributed by atoms with van der Waals surface area (Å²) in [6.07, 6.45) is 5.92. The van der Waals surface area contributed by atoms with Crippen LogP contribution in [0.2, 0.25) is 0 Å². The lowest BCUT2D eigenvalue weighted by atomic mass is 9.89. The lowest BCUT2D eigenvalue weighted by molar-refractivity contribution is -0.156. The molecule has 0 aromatic carbocycles. The minimum absolute atomic E-state index is 0.0700. The molecule has 1 N–H and O–H groups in total. The lowest BCUT2D eigenvalue weighted by Gasteiger charge is -2.38. The van der Waals surface area contributed by atoms with Crippen LogP contribution in [0.1, 0.15) is 19.8 Å². The second-order valence-electron chi connectivity index (χ2n) is 5.22. The Bertz CT molecular complexity index is 672. The van der Waals surface area contributed by atoms with Crippen molar-refractivity contribution in [2.24, 2.45) is 0 Å². The third-order valence-corrected chi connectivity index (χ3v) is 3.83. The molecule has 0 spiro atoms. The van der Waals surface area contributed by atoms with Gasteiger partial charge in [0.25, 0.3) is 17.7 Å². The SMILES string of the molecule is C=C/C=C\C1=C(C=C)C(=O)N(C2(C)CCC(=O)NC2=O)C1=O. The first-order chi connectivity index (χ1) is 10.4. The highest BCUT2D eigenvalue weighted by molar-refractivity contribution is 6.24. The van der Waals surface area contributed by atoms with Crippen molar-refractivity contribution in [3.8, 4) is 0 Å². The van der Waals surface area contributed by atoms with Gasteiger partial charge in [0, 0.05) is 6.42 Å². The van der Waals surface area contributed by atoms with Gasteiger partial charge in [0.05, 0.1) is 11.1 Å². The van der Waals surface area contributed by atoms with Crippen LogP contribution in [0.5, 0.6) is 0 Å². The number of nitrogens with one attached hydrogen (secondary N) is 1. The molecular weight excluding hydrogens is 284 g/mol. The molecule has 2 aliphatic rings. The van der Waals surface area contributed by atoms with E-state index in [1.165, 1.54) is 31.2 Å². The monoisotopic (exact) mass is 300 g/mol. The summed E-state index contributed by atoms with van der Waals surface area (Å²) in [5.41, 5.74) is -1.10. The summed E-state index contributed by atoms with van der Waals surface area (Å²) in [5, 5.41) is 2.18. The highest BCUT2D eigenvalue weighted by Crippen LogP contribution is 2.34. The van der Waals surface area contributed by atoms with E-state index in [0.717, 1.165) is 4.90 Å². The van der Waals surface area contributed by atoms with E-state index in [1.807, 2.05) is 0 Å². The van der Waals surface area contributed by atoms with Crippen molar-refractivity contribution in [1.82, 2.24) is 10.2 Å². The molecule has 2 aliphatic heterocycles. The zero-order valence-electron chi connectivity index (χ0n) is 12.2. The van der Waals surface area contributed by atoms with Gasteiger partial charge < -0.3 is 0 Å². The van der Waals surface area contributed by atoms with Gasteiger partial charge in [-0.15, -0.1) is 0 Å². The predicted molar refractivity (Wildman–Crippen MR) is 79.2 cm³/mol. The van der Waals surface area contributed by atoms with Gasteiger partial charge in [-0.2, -0.15) is 0 Å². The Kier molecular flexibility index (Phi) is 3.95. The maximum atomic E-state index is 12.6. The van der Waals surface area contributed by atoms with E-state index in [4.69, 9.17) is 0 Å². The first-order valence-electron chi connectivity index (χ1n) is 6.75. The normalized spacial score (nSPS) is 26.0. The maximum absolute atomic E-state index is 12.6. The summed E-state index contributed by atoms with van der Waals surface area (Å²) >= 11 is 0. The number of hydrogen-bond acceptors (Lipinski definition) is 4. The van der Waals surface area contributed by atoms with Crippen LogP contribution in [0, 0.1) is 0 Å². The fraction of sp³-hybridized carbons (Fsp3) is 0.250. The van der Waals surface area contributed by atoms with Crippen LogP contribution >= 0.6 is 0 Å². The third-order valence-electron chi connectivity index (χ3n) is 3.83. The predicted octanol–water partition coefficient (Wildman–Crippen LogP) is 0.775. The van der Waals surface area contributed by atoms with Gasteiger partial charge in [-0.3, -0.25) is 29.4 Å². The second-order valence-corrected chi connectivity index (χ2v) is 5.22. The molecule has 114 valence electrons. The standard InChI is InChI=1S/C16H16N2O4/c1-4-6-7-11-10(5-2)13(20)18(14(11)21)16(3)9-8-12(19)17-15(16)22/h4-7H,1-2,8-9H2,3H3,(H,17,19,22)/b7-6-. The molecule has 2 heterocycles. The highest BCUT2D eigenvalue weighted by atomic mass is 16.2. The van der Waals surface area contributed by atoms with E-state index >= 15 is 0 Å². The molecule has 0 radical (unpaired) electrons. The third kappa shape index (κ3) is 2.22. The number of piperidine rings is 1. The van der Waals surface area contributed by atoms with Crippen molar-refractivity contribution >= 4 is 23.6 Å². The average Bonchev–Trinajstić information content (AvgIpc) is 2.71. The summed E-state index contributed by atoms with van der Waals surface area (Å²) in [6.45, 7) is 8.54. The van der Waals surface area contributed by atoms with Crippen LogP contribution < -0.4 is 5.32 Å². The van der Waals surface area contributed by atoms with Crippen LogP contribution in [0.4, 0.5) is 0 Å². The van der Waals surface area contributed by atoms with Crippen LogP contribution in [-0.2, 0) is 19.2 Å². The number of carbonyl (C=O) groups is 4. The van der Waals surface area contributed by atoms with E-state index in [9.17, 15) is 19.2 Å². The Labute approximate surface area is 127 Å². The maximum Gasteiger partial charge on any atom is 0.262 e. The number of allylic oxidation sites excluding steroid dienone is 2. The molecule has 6 heteroatoms. The lowest BCUT2D eigenvalue weighted by Crippen LogP contribution is -2.63. The smallest absolute Gasteiger partial charge is 0.262 e. The minimum Gasteiger partial charge on any atom is -0.294 e. The van der Waals surface area contributed by atoms with Crippen LogP contribution in [0.3, 0.4) is 0 Å². The van der Waals surface area contributed by atoms with Gasteiger partial charge in [-0.25, -0.2) is 0 Å². The topological polar surface area (TPSA) is 83.6 Å². The molecular formula is C16H16N2O4. The Morgan fingerprint density at radius 2 is 1.77 bits per heavy atom. The molecule has 0 saturated carbocycles. The molecule has 22 heavy (non-hydrogen) atoms. The first kappa shape index (κ1) is 15.6. The number of nitrogens with zero attached hydrogens (tertiary/aromatic N) is 1. The molecule has 0 aromatic heterocycles. The Balaban J connectivity index is 2.45. The molecule has 4 amide bonds. The summed E-state index contributed by atoms with van der Waals surface area (Å²) in [5.74, 6) is -2.23. The zero-order chi connectivity index (χ0) is 16.5. The molecule has 1 atom stereocenters. The fourth-order valence-electron chi connectivity index (χ4n) is 2.54. The van der Waals surface area contributed by atoms with E-state index in [2.05, 4.69) is 18.5 Å². The summed E-state index contributed by atoms with van der Waals surface area (Å²) in [7, 11) is 0. The average molecular weight is 300 g/mol. The van der Waals surface area contributed by atoms with Crippen LogP contribution in [0.15, 0.2) is 48.6 Å². The van der Waals surface area contributed by atoms with Crippen molar-refractivity contribution in [3.63, 3.8) is 0 Å². The van der Waals surface area contributed by atoms with Crippen molar-refractivity contribution in [2.45, 2.75) is 25.3 Å². The minimum atomic E-state index is -1.39. The molecule has 2 rings (SSSR count). The van der Waals surface area contributed by atoms with E-state index in [1.54, 1.807) is 0 Å². The van der Waals surface area contributed by atoms with Gasteiger partial charge in [-0.1, -0.05) is 31.4 Å². The molecule has 0 aliphatic carbocycles.